The molecule has 0 spiro atoms. The van der Waals surface area contributed by atoms with Gasteiger partial charge in [0.2, 0.25) is 0 Å². The highest BCUT2D eigenvalue weighted by molar-refractivity contribution is 9.10. The second-order valence-electron chi connectivity index (χ2n) is 11.3. The van der Waals surface area contributed by atoms with E-state index >= 15 is 0 Å². The molecule has 3 aliphatic heterocycles. The van der Waals surface area contributed by atoms with E-state index in [1.54, 1.807) is 4.90 Å². The Morgan fingerprint density at radius 3 is 2.84 bits per heavy atom. The molecule has 2 saturated heterocycles. The number of hydrogen-bond acceptors (Lipinski definition) is 6. The van der Waals surface area contributed by atoms with Crippen LogP contribution in [0.5, 0.6) is 5.88 Å². The van der Waals surface area contributed by atoms with Crippen LogP contribution in [0.25, 0.3) is 10.9 Å². The molecule has 10 heteroatoms. The summed E-state index contributed by atoms with van der Waals surface area (Å²) in [5.74, 6) is 0.0286. The highest BCUT2D eigenvalue weighted by Gasteiger charge is 2.61. The van der Waals surface area contributed by atoms with Crippen LogP contribution >= 0.6 is 15.9 Å². The predicted octanol–water partition coefficient (Wildman–Crippen LogP) is 5.34. The Bertz CT molecular complexity index is 1510. The van der Waals surface area contributed by atoms with Crippen molar-refractivity contribution in [3.05, 3.63) is 58.1 Å². The highest BCUT2D eigenvalue weighted by atomic mass is 79.9. The van der Waals surface area contributed by atoms with Crippen molar-refractivity contribution in [2.45, 2.75) is 38.8 Å². The van der Waals surface area contributed by atoms with E-state index in [0.29, 0.717) is 43.2 Å². The van der Waals surface area contributed by atoms with Crippen LogP contribution in [-0.2, 0) is 4.84 Å². The number of hydrogen-bond donors (Lipinski definition) is 3. The zero-order chi connectivity index (χ0) is 26.8. The van der Waals surface area contributed by atoms with Crippen molar-refractivity contribution >= 4 is 50.0 Å². The molecule has 2 fully saturated rings. The van der Waals surface area contributed by atoms with E-state index in [1.807, 2.05) is 42.5 Å². The minimum absolute atomic E-state index is 0.0286. The monoisotopic (exact) mass is 579 g/mol. The number of para-hydroxylation sites is 1. The van der Waals surface area contributed by atoms with Gasteiger partial charge in [0.15, 0.2) is 5.88 Å². The molecule has 1 aromatic heterocycles. The average Bonchev–Trinajstić information content (AvgIpc) is 3.60. The molecule has 0 radical (unpaired) electrons. The van der Waals surface area contributed by atoms with Gasteiger partial charge in [-0.25, -0.2) is 9.79 Å². The number of benzene rings is 2. The first kappa shape index (κ1) is 24.9. The Hall–Kier alpha value is -3.37. The van der Waals surface area contributed by atoms with Gasteiger partial charge >= 0.3 is 6.09 Å². The molecule has 38 heavy (non-hydrogen) atoms. The lowest BCUT2D eigenvalue weighted by molar-refractivity contribution is -0.00398. The molecule has 3 aliphatic rings. The van der Waals surface area contributed by atoms with Gasteiger partial charge in [0.25, 0.3) is 0 Å². The van der Waals surface area contributed by atoms with Crippen LogP contribution in [0.2, 0.25) is 0 Å². The first-order valence-corrected chi connectivity index (χ1v) is 13.5. The summed E-state index contributed by atoms with van der Waals surface area (Å²) in [4.78, 5) is 29.6. The van der Waals surface area contributed by atoms with Gasteiger partial charge in [0.1, 0.15) is 18.0 Å². The van der Waals surface area contributed by atoms with Gasteiger partial charge in [-0.2, -0.15) is 0 Å². The fourth-order valence-electron chi connectivity index (χ4n) is 6.28. The van der Waals surface area contributed by atoms with Gasteiger partial charge in [-0.1, -0.05) is 60.1 Å². The number of aromatic nitrogens is 1. The molecule has 4 heterocycles. The number of halogens is 1. The van der Waals surface area contributed by atoms with E-state index in [0.717, 1.165) is 33.0 Å². The first-order chi connectivity index (χ1) is 18.1. The number of fused-ring (bicyclic) bond motifs is 4. The standard InChI is InChI=1S/C28H30BrN5O4/c1-27(2,3)28-13-17(14-34(28)26(36)37)33(15-28)10-11-38-32-23-18-6-4-5-7-20(18)30-24(23)22-19-12-16(29)8-9-21(19)31-25(22)35/h4-9,12,17,31,35H,10-11,13-15H2,1-3H3,(H,36,37)/b32-23+/t17-,28+/m0/s1. The van der Waals surface area contributed by atoms with Crippen LogP contribution < -0.4 is 0 Å². The number of aromatic hydroxyl groups is 1. The number of aliphatic imine (C=N–C) groups is 1. The number of rotatable bonds is 5. The van der Waals surface area contributed by atoms with E-state index < -0.39 is 11.6 Å². The van der Waals surface area contributed by atoms with Crippen LogP contribution in [0.1, 0.15) is 38.3 Å². The van der Waals surface area contributed by atoms with Crippen LogP contribution in [0.15, 0.2) is 57.1 Å². The van der Waals surface area contributed by atoms with Crippen LogP contribution in [0.3, 0.4) is 0 Å². The molecule has 3 N–H and O–H groups in total. The number of carbonyl (C=O) groups is 1. The van der Waals surface area contributed by atoms with E-state index in [9.17, 15) is 15.0 Å². The molecule has 9 nitrogen and oxygen atoms in total. The number of H-pyrrole nitrogens is 1. The number of amides is 1. The summed E-state index contributed by atoms with van der Waals surface area (Å²) in [6.07, 6.45) is -0.0133. The highest BCUT2D eigenvalue weighted by Crippen LogP contribution is 2.50. The van der Waals surface area contributed by atoms with Crippen molar-refractivity contribution in [2.75, 3.05) is 26.2 Å². The maximum absolute atomic E-state index is 11.9. The molecule has 2 atom stereocenters. The van der Waals surface area contributed by atoms with Gasteiger partial charge < -0.3 is 20.0 Å². The summed E-state index contributed by atoms with van der Waals surface area (Å²) in [7, 11) is 0. The second kappa shape index (κ2) is 8.84. The molecule has 0 unspecified atom stereocenters. The molecule has 0 aliphatic carbocycles. The van der Waals surface area contributed by atoms with Gasteiger partial charge in [-0.3, -0.25) is 9.80 Å². The molecule has 0 saturated carbocycles. The first-order valence-electron chi connectivity index (χ1n) is 12.7. The fraction of sp³-hybridized carbons (Fsp3) is 0.393. The third-order valence-corrected chi connectivity index (χ3v) is 8.80. The number of likely N-dealkylation sites (tertiary alicyclic amines) is 2. The summed E-state index contributed by atoms with van der Waals surface area (Å²) in [6.45, 7) is 8.55. The smallest absolute Gasteiger partial charge is 0.407 e. The lowest BCUT2D eigenvalue weighted by atomic mass is 9.73. The number of nitrogens with zero attached hydrogens (tertiary/aromatic N) is 4. The molecule has 2 aromatic carbocycles. The Kier molecular flexibility index (Phi) is 5.80. The van der Waals surface area contributed by atoms with Gasteiger partial charge in [-0.15, -0.1) is 0 Å². The molecule has 3 aromatic rings. The van der Waals surface area contributed by atoms with Crippen molar-refractivity contribution in [3.8, 4) is 5.88 Å². The van der Waals surface area contributed by atoms with Crippen molar-refractivity contribution in [2.24, 2.45) is 15.6 Å². The SMILES string of the molecule is CC(C)(C)[C@]12C[C@@H](CN1C(=O)O)N(CCO/N=C1/C(c3c(O)[nH]c4ccc(Br)cc34)=Nc3ccccc31)C2. The molecule has 6 rings (SSSR count). The minimum Gasteiger partial charge on any atom is -0.494 e. The summed E-state index contributed by atoms with van der Waals surface area (Å²) in [6, 6.07) is 13.6. The Balaban J connectivity index is 1.23. The normalized spacial score (nSPS) is 23.9. The quantitative estimate of drug-likeness (QED) is 0.279. The Morgan fingerprint density at radius 2 is 2.08 bits per heavy atom. The average molecular weight is 580 g/mol. The minimum atomic E-state index is -0.844. The van der Waals surface area contributed by atoms with E-state index in [4.69, 9.17) is 9.83 Å². The number of carboxylic acid groups (broad SMARTS) is 1. The number of aromatic amines is 1. The van der Waals surface area contributed by atoms with E-state index in [-0.39, 0.29) is 17.3 Å². The molecule has 198 valence electrons. The summed E-state index contributed by atoms with van der Waals surface area (Å²) in [5, 5.41) is 26.0. The maximum atomic E-state index is 11.9. The zero-order valence-electron chi connectivity index (χ0n) is 21.5. The third-order valence-electron chi connectivity index (χ3n) is 8.31. The molecule has 1 amide bonds. The maximum Gasteiger partial charge on any atom is 0.407 e. The van der Waals surface area contributed by atoms with Gasteiger partial charge in [0.05, 0.1) is 16.8 Å². The molecule has 2 bridgehead atoms. The number of oxime groups is 1. The molecular weight excluding hydrogens is 550 g/mol. The van der Waals surface area contributed by atoms with Crippen LogP contribution in [-0.4, -0.2) is 80.3 Å². The van der Waals surface area contributed by atoms with Gasteiger partial charge in [-0.05, 0) is 36.1 Å². The summed E-state index contributed by atoms with van der Waals surface area (Å²) < 4.78 is 0.894. The second-order valence-corrected chi connectivity index (χ2v) is 12.2. The predicted molar refractivity (Wildman–Crippen MR) is 150 cm³/mol. The lowest BCUT2D eigenvalue weighted by Gasteiger charge is -2.48. The molecular formula is C28H30BrN5O4. The van der Waals surface area contributed by atoms with Gasteiger partial charge in [0, 0.05) is 46.6 Å². The fourth-order valence-corrected chi connectivity index (χ4v) is 6.64. The van der Waals surface area contributed by atoms with Crippen molar-refractivity contribution in [3.63, 3.8) is 0 Å². The van der Waals surface area contributed by atoms with Crippen molar-refractivity contribution in [1.82, 2.24) is 14.8 Å². The summed E-state index contributed by atoms with van der Waals surface area (Å²) in [5.41, 5.74) is 3.54. The summed E-state index contributed by atoms with van der Waals surface area (Å²) >= 11 is 3.52. The van der Waals surface area contributed by atoms with E-state index in [2.05, 4.69) is 51.7 Å². The lowest BCUT2D eigenvalue weighted by Crippen LogP contribution is -2.61. The zero-order valence-corrected chi connectivity index (χ0v) is 23.1. The topological polar surface area (TPSA) is 114 Å². The number of piperazine rings is 1. The largest absolute Gasteiger partial charge is 0.494 e. The van der Waals surface area contributed by atoms with Crippen molar-refractivity contribution in [1.29, 1.82) is 0 Å². The Morgan fingerprint density at radius 1 is 1.29 bits per heavy atom. The Labute approximate surface area is 228 Å². The number of nitrogens with one attached hydrogen (secondary N) is 1. The third kappa shape index (κ3) is 3.80. The van der Waals surface area contributed by atoms with Crippen molar-refractivity contribution < 1.29 is 19.8 Å². The van der Waals surface area contributed by atoms with Crippen LogP contribution in [0, 0.1) is 5.41 Å². The van der Waals surface area contributed by atoms with E-state index in [1.165, 1.54) is 0 Å². The van der Waals surface area contributed by atoms with Crippen LogP contribution in [0.4, 0.5) is 10.5 Å².